The van der Waals surface area contributed by atoms with Gasteiger partial charge < -0.3 is 10.6 Å². The van der Waals surface area contributed by atoms with Crippen LogP contribution in [0.4, 0.5) is 0 Å². The zero-order chi connectivity index (χ0) is 19.3. The molecule has 0 saturated carbocycles. The highest BCUT2D eigenvalue weighted by atomic mass is 35.5. The van der Waals surface area contributed by atoms with E-state index in [1.807, 2.05) is 19.9 Å². The van der Waals surface area contributed by atoms with Crippen LogP contribution in [0.15, 0.2) is 36.4 Å². The van der Waals surface area contributed by atoms with Crippen LogP contribution in [0.1, 0.15) is 37.2 Å². The smallest absolute Gasteiger partial charge is 0.272 e. The van der Waals surface area contributed by atoms with Crippen LogP contribution in [0, 0.1) is 0 Å². The maximum absolute atomic E-state index is 12.8. The molecule has 1 aromatic heterocycles. The molecule has 0 radical (unpaired) electrons. The maximum atomic E-state index is 12.8. The van der Waals surface area contributed by atoms with Crippen molar-refractivity contribution in [2.75, 3.05) is 7.05 Å². The molecular weight excluding hydrogens is 373 g/mol. The molecule has 5 nitrogen and oxygen atoms in total. The number of amides is 2. The Balaban J connectivity index is 2.39. The minimum Gasteiger partial charge on any atom is -0.357 e. The van der Waals surface area contributed by atoms with Gasteiger partial charge in [-0.05, 0) is 37.1 Å². The van der Waals surface area contributed by atoms with Crippen molar-refractivity contribution >= 4 is 35.0 Å². The highest BCUT2D eigenvalue weighted by Crippen LogP contribution is 2.25. The van der Waals surface area contributed by atoms with Crippen molar-refractivity contribution in [1.82, 2.24) is 15.6 Å². The molecule has 2 aromatic rings. The number of carbonyl (C=O) groups is 2. The minimum absolute atomic E-state index is 0.0688. The van der Waals surface area contributed by atoms with Crippen LogP contribution in [0.2, 0.25) is 10.0 Å². The van der Waals surface area contributed by atoms with Crippen molar-refractivity contribution in [2.45, 2.75) is 32.2 Å². The summed E-state index contributed by atoms with van der Waals surface area (Å²) in [4.78, 5) is 29.5. The molecule has 0 aliphatic rings. The molecule has 0 saturated heterocycles. The number of hydrogen-bond acceptors (Lipinski definition) is 3. The maximum Gasteiger partial charge on any atom is 0.272 e. The Morgan fingerprint density at radius 1 is 1.12 bits per heavy atom. The average Bonchev–Trinajstić information content (AvgIpc) is 2.65. The van der Waals surface area contributed by atoms with Gasteiger partial charge >= 0.3 is 0 Å². The number of pyridine rings is 1. The van der Waals surface area contributed by atoms with Crippen LogP contribution in [0.25, 0.3) is 11.3 Å². The molecule has 7 heteroatoms. The minimum atomic E-state index is -1.01. The summed E-state index contributed by atoms with van der Waals surface area (Å²) in [6.45, 7) is 3.69. The van der Waals surface area contributed by atoms with E-state index in [1.54, 1.807) is 37.4 Å². The second kappa shape index (κ2) is 8.52. The summed E-state index contributed by atoms with van der Waals surface area (Å²) in [5, 5.41) is 6.19. The number of carbonyl (C=O) groups excluding carboxylic acids is 2. The Kier molecular flexibility index (Phi) is 6.62. The molecule has 2 N–H and O–H groups in total. The van der Waals surface area contributed by atoms with Crippen LogP contribution in [0.5, 0.6) is 0 Å². The summed E-state index contributed by atoms with van der Waals surface area (Å²) in [6.07, 6.45) is 0.890. The highest BCUT2D eigenvalue weighted by molar-refractivity contribution is 6.33. The number of nitrogens with one attached hydrogen (secondary N) is 2. The van der Waals surface area contributed by atoms with Gasteiger partial charge in [0.15, 0.2) is 0 Å². The monoisotopic (exact) mass is 393 g/mol. The van der Waals surface area contributed by atoms with Gasteiger partial charge in [0.1, 0.15) is 11.2 Å². The predicted molar refractivity (Wildman–Crippen MR) is 105 cm³/mol. The lowest BCUT2D eigenvalue weighted by molar-refractivity contribution is -0.127. The van der Waals surface area contributed by atoms with Gasteiger partial charge in [-0.3, -0.25) is 9.59 Å². The van der Waals surface area contributed by atoms with Crippen molar-refractivity contribution < 1.29 is 9.59 Å². The number of aromatic nitrogens is 1. The van der Waals surface area contributed by atoms with Crippen LogP contribution in [0.3, 0.4) is 0 Å². The van der Waals surface area contributed by atoms with Crippen molar-refractivity contribution in [1.29, 1.82) is 0 Å². The van der Waals surface area contributed by atoms with Gasteiger partial charge in [0.25, 0.3) is 5.91 Å². The molecule has 2 rings (SSSR count). The molecular formula is C19H21Cl2N3O2. The van der Waals surface area contributed by atoms with E-state index in [9.17, 15) is 9.59 Å². The van der Waals surface area contributed by atoms with E-state index in [2.05, 4.69) is 15.6 Å². The van der Waals surface area contributed by atoms with Crippen LogP contribution >= 0.6 is 23.2 Å². The molecule has 0 bridgehead atoms. The van der Waals surface area contributed by atoms with Crippen molar-refractivity contribution in [3.05, 3.63) is 52.1 Å². The van der Waals surface area contributed by atoms with E-state index in [1.165, 1.54) is 0 Å². The first-order valence-electron chi connectivity index (χ1n) is 8.34. The Labute approximate surface area is 163 Å². The molecule has 1 heterocycles. The topological polar surface area (TPSA) is 71.1 Å². The second-order valence-corrected chi connectivity index (χ2v) is 6.70. The standard InChI is InChI=1S/C19H21Cl2N3O2/c1-4-19(5-2,18(26)22-3)24-17(25)16-14(21)9-10-15(23-16)12-7-6-8-13(20)11-12/h6-11H,4-5H2,1-3H3,(H,22,26)(H,24,25). The average molecular weight is 394 g/mol. The van der Waals surface area contributed by atoms with Gasteiger partial charge in [-0.2, -0.15) is 0 Å². The normalized spacial score (nSPS) is 11.1. The first-order chi connectivity index (χ1) is 12.4. The molecule has 0 aliphatic heterocycles. The van der Waals surface area contributed by atoms with E-state index in [0.29, 0.717) is 23.6 Å². The summed E-state index contributed by atoms with van der Waals surface area (Å²) < 4.78 is 0. The fraction of sp³-hybridized carbons (Fsp3) is 0.316. The quantitative estimate of drug-likeness (QED) is 0.775. The number of likely N-dealkylation sites (N-methyl/N-ethyl adjacent to an activating group) is 1. The van der Waals surface area contributed by atoms with Gasteiger partial charge in [-0.25, -0.2) is 4.98 Å². The van der Waals surface area contributed by atoms with Crippen LogP contribution < -0.4 is 10.6 Å². The van der Waals surface area contributed by atoms with Gasteiger partial charge in [0.2, 0.25) is 5.91 Å². The third-order valence-electron chi connectivity index (χ3n) is 4.40. The first kappa shape index (κ1) is 20.2. The number of halogens is 2. The zero-order valence-corrected chi connectivity index (χ0v) is 16.4. The summed E-state index contributed by atoms with van der Waals surface area (Å²) in [7, 11) is 1.54. The van der Waals surface area contributed by atoms with Gasteiger partial charge in [0.05, 0.1) is 10.7 Å². The van der Waals surface area contributed by atoms with E-state index < -0.39 is 11.4 Å². The molecule has 0 fully saturated rings. The highest BCUT2D eigenvalue weighted by Gasteiger charge is 2.36. The summed E-state index contributed by atoms with van der Waals surface area (Å²) >= 11 is 12.2. The van der Waals surface area contributed by atoms with Gasteiger partial charge in [-0.15, -0.1) is 0 Å². The lowest BCUT2D eigenvalue weighted by Crippen LogP contribution is -2.57. The molecule has 1 aromatic carbocycles. The fourth-order valence-corrected chi connectivity index (χ4v) is 3.11. The van der Waals surface area contributed by atoms with E-state index >= 15 is 0 Å². The molecule has 2 amide bonds. The van der Waals surface area contributed by atoms with Gasteiger partial charge in [0, 0.05) is 17.6 Å². The van der Waals surface area contributed by atoms with Crippen molar-refractivity contribution in [3.63, 3.8) is 0 Å². The number of benzene rings is 1. The van der Waals surface area contributed by atoms with E-state index in [0.717, 1.165) is 5.56 Å². The zero-order valence-electron chi connectivity index (χ0n) is 14.9. The third-order valence-corrected chi connectivity index (χ3v) is 4.94. The Hall–Kier alpha value is -2.11. The molecule has 0 atom stereocenters. The SMILES string of the molecule is CCC(CC)(NC(=O)c1nc(-c2cccc(Cl)c2)ccc1Cl)C(=O)NC. The lowest BCUT2D eigenvalue weighted by Gasteiger charge is -2.30. The van der Waals surface area contributed by atoms with Crippen LogP contribution in [-0.2, 0) is 4.79 Å². The first-order valence-corrected chi connectivity index (χ1v) is 9.09. The molecule has 0 aliphatic carbocycles. The summed E-state index contributed by atoms with van der Waals surface area (Å²) in [5.74, 6) is -0.746. The van der Waals surface area contributed by atoms with Crippen LogP contribution in [-0.4, -0.2) is 29.4 Å². The summed E-state index contributed by atoms with van der Waals surface area (Å²) in [6, 6.07) is 10.5. The van der Waals surface area contributed by atoms with Crippen molar-refractivity contribution in [2.24, 2.45) is 0 Å². The van der Waals surface area contributed by atoms with E-state index in [-0.39, 0.29) is 16.6 Å². The number of nitrogens with zero attached hydrogens (tertiary/aromatic N) is 1. The second-order valence-electron chi connectivity index (χ2n) is 5.86. The molecule has 0 unspecified atom stereocenters. The molecule has 26 heavy (non-hydrogen) atoms. The lowest BCUT2D eigenvalue weighted by atomic mass is 9.91. The number of hydrogen-bond donors (Lipinski definition) is 2. The molecule has 0 spiro atoms. The largest absolute Gasteiger partial charge is 0.357 e. The Bertz CT molecular complexity index is 820. The van der Waals surface area contributed by atoms with Gasteiger partial charge in [-0.1, -0.05) is 49.2 Å². The van der Waals surface area contributed by atoms with Crippen molar-refractivity contribution in [3.8, 4) is 11.3 Å². The molecule has 138 valence electrons. The summed E-state index contributed by atoms with van der Waals surface area (Å²) in [5.41, 5.74) is 0.398. The number of rotatable bonds is 6. The third kappa shape index (κ3) is 4.17. The Morgan fingerprint density at radius 3 is 2.38 bits per heavy atom. The van der Waals surface area contributed by atoms with E-state index in [4.69, 9.17) is 23.2 Å². The predicted octanol–water partition coefficient (Wildman–Crippen LogP) is 4.09. The fourth-order valence-electron chi connectivity index (χ4n) is 2.73. The Morgan fingerprint density at radius 2 is 1.81 bits per heavy atom.